The Kier molecular flexibility index (Phi) is 4.12. The topological polar surface area (TPSA) is 80.3 Å². The zero-order valence-electron chi connectivity index (χ0n) is 10.3. The number of nitrogens with one attached hydrogen (secondary N) is 1. The maximum atomic E-state index is 13.4. The van der Waals surface area contributed by atoms with E-state index in [2.05, 4.69) is 4.72 Å². The highest BCUT2D eigenvalue weighted by Crippen LogP contribution is 2.19. The van der Waals surface area contributed by atoms with E-state index in [0.717, 1.165) is 12.1 Å². The third-order valence-corrected chi connectivity index (χ3v) is 6.35. The van der Waals surface area contributed by atoms with E-state index in [9.17, 15) is 25.6 Å². The number of benzene rings is 1. The van der Waals surface area contributed by atoms with Crippen LogP contribution in [0.5, 0.6) is 0 Å². The molecule has 0 unspecified atom stereocenters. The molecule has 9 heteroatoms. The van der Waals surface area contributed by atoms with Crippen molar-refractivity contribution in [3.63, 3.8) is 0 Å². The third-order valence-electron chi connectivity index (χ3n) is 3.07. The summed E-state index contributed by atoms with van der Waals surface area (Å²) in [5, 5.41) is 0. The molecule has 0 amide bonds. The summed E-state index contributed by atoms with van der Waals surface area (Å²) in [6.07, 6.45) is 0.358. The highest BCUT2D eigenvalue weighted by atomic mass is 32.2. The van der Waals surface area contributed by atoms with E-state index < -0.39 is 36.4 Å². The SMILES string of the molecule is O=S1(=O)CC[C@H](CNS(=O)(=O)c2cc(F)ccc2F)C1. The van der Waals surface area contributed by atoms with Crippen LogP contribution in [0.2, 0.25) is 0 Å². The van der Waals surface area contributed by atoms with Crippen LogP contribution >= 0.6 is 0 Å². The van der Waals surface area contributed by atoms with Crippen LogP contribution in [-0.2, 0) is 19.9 Å². The molecule has 0 radical (unpaired) electrons. The van der Waals surface area contributed by atoms with E-state index in [0.29, 0.717) is 12.5 Å². The van der Waals surface area contributed by atoms with Crippen LogP contribution in [0.3, 0.4) is 0 Å². The van der Waals surface area contributed by atoms with Crippen molar-refractivity contribution >= 4 is 19.9 Å². The highest BCUT2D eigenvalue weighted by Gasteiger charge is 2.29. The molecule has 0 aromatic heterocycles. The standard InChI is InChI=1S/C11H13F2NO4S2/c12-9-1-2-10(13)11(5-9)20(17,18)14-6-8-3-4-19(15,16)7-8/h1-2,5,8,14H,3-4,6-7H2/t8-/m1/s1. The lowest BCUT2D eigenvalue weighted by molar-refractivity contribution is 0.527. The molecule has 1 N–H and O–H groups in total. The summed E-state index contributed by atoms with van der Waals surface area (Å²) in [5.41, 5.74) is 0. The lowest BCUT2D eigenvalue weighted by Gasteiger charge is -2.11. The smallest absolute Gasteiger partial charge is 0.229 e. The quantitative estimate of drug-likeness (QED) is 0.883. The molecule has 1 atom stereocenters. The van der Waals surface area contributed by atoms with Crippen molar-refractivity contribution in [2.45, 2.75) is 11.3 Å². The normalized spacial score (nSPS) is 22.0. The van der Waals surface area contributed by atoms with Crippen LogP contribution < -0.4 is 4.72 Å². The summed E-state index contributed by atoms with van der Waals surface area (Å²) in [6.45, 7) is -0.114. The van der Waals surface area contributed by atoms with Gasteiger partial charge in [0, 0.05) is 6.54 Å². The molecule has 0 saturated carbocycles. The molecule has 0 bridgehead atoms. The van der Waals surface area contributed by atoms with Gasteiger partial charge in [0.25, 0.3) is 0 Å². The van der Waals surface area contributed by atoms with Crippen LogP contribution in [0, 0.1) is 17.6 Å². The first-order valence-electron chi connectivity index (χ1n) is 5.85. The average Bonchev–Trinajstić information content (AvgIpc) is 2.70. The summed E-state index contributed by atoms with van der Waals surface area (Å²) in [7, 11) is -7.31. The minimum absolute atomic E-state index is 0.0215. The van der Waals surface area contributed by atoms with Crippen LogP contribution in [0.15, 0.2) is 23.1 Å². The summed E-state index contributed by atoms with van der Waals surface area (Å²) in [6, 6.07) is 2.13. The first-order valence-corrected chi connectivity index (χ1v) is 9.15. The van der Waals surface area contributed by atoms with Crippen LogP contribution in [0.25, 0.3) is 0 Å². The molecule has 1 aromatic rings. The van der Waals surface area contributed by atoms with Crippen LogP contribution in [-0.4, -0.2) is 34.9 Å². The van der Waals surface area contributed by atoms with Crippen molar-refractivity contribution < 1.29 is 25.6 Å². The lowest BCUT2D eigenvalue weighted by Crippen LogP contribution is -2.30. The number of hydrogen-bond donors (Lipinski definition) is 1. The minimum atomic E-state index is -4.20. The van der Waals surface area contributed by atoms with Crippen molar-refractivity contribution in [2.75, 3.05) is 18.1 Å². The molecule has 5 nitrogen and oxygen atoms in total. The Balaban J connectivity index is 2.10. The second-order valence-electron chi connectivity index (χ2n) is 4.70. The second kappa shape index (κ2) is 5.38. The zero-order valence-corrected chi connectivity index (χ0v) is 12.0. The van der Waals surface area contributed by atoms with Gasteiger partial charge in [0.05, 0.1) is 11.5 Å². The summed E-state index contributed by atoms with van der Waals surface area (Å²) < 4.78 is 74.7. The monoisotopic (exact) mass is 325 g/mol. The zero-order chi connectivity index (χ0) is 15.0. The Labute approximate surface area is 116 Å². The number of rotatable bonds is 4. The first-order chi connectivity index (χ1) is 9.20. The predicted molar refractivity (Wildman–Crippen MR) is 68.3 cm³/mol. The van der Waals surface area contributed by atoms with Crippen molar-refractivity contribution in [1.29, 1.82) is 0 Å². The molecule has 0 spiro atoms. The largest absolute Gasteiger partial charge is 0.243 e. The molecule has 20 heavy (non-hydrogen) atoms. The maximum Gasteiger partial charge on any atom is 0.243 e. The van der Waals surface area contributed by atoms with Crippen molar-refractivity contribution in [2.24, 2.45) is 5.92 Å². The molecule has 1 heterocycles. The second-order valence-corrected chi connectivity index (χ2v) is 8.66. The fourth-order valence-corrected chi connectivity index (χ4v) is 5.09. The van der Waals surface area contributed by atoms with Crippen molar-refractivity contribution in [3.05, 3.63) is 29.8 Å². The molecule has 1 aliphatic heterocycles. The Morgan fingerprint density at radius 3 is 2.60 bits per heavy atom. The minimum Gasteiger partial charge on any atom is -0.229 e. The lowest BCUT2D eigenvalue weighted by atomic mass is 10.1. The van der Waals surface area contributed by atoms with Crippen molar-refractivity contribution in [3.8, 4) is 0 Å². The van der Waals surface area contributed by atoms with Gasteiger partial charge in [0.2, 0.25) is 10.0 Å². The molecule has 1 aliphatic rings. The summed E-state index contributed by atoms with van der Waals surface area (Å²) in [5.74, 6) is -2.34. The van der Waals surface area contributed by atoms with Gasteiger partial charge in [-0.15, -0.1) is 0 Å². The van der Waals surface area contributed by atoms with E-state index in [1.807, 2.05) is 0 Å². The van der Waals surface area contributed by atoms with Gasteiger partial charge in [-0.25, -0.2) is 30.3 Å². The molecule has 1 aromatic carbocycles. The molecular formula is C11H13F2NO4S2. The fraction of sp³-hybridized carbons (Fsp3) is 0.455. The van der Waals surface area contributed by atoms with Gasteiger partial charge in [-0.2, -0.15) is 0 Å². The highest BCUT2D eigenvalue weighted by molar-refractivity contribution is 7.91. The average molecular weight is 325 g/mol. The van der Waals surface area contributed by atoms with Crippen LogP contribution in [0.4, 0.5) is 8.78 Å². The molecule has 112 valence electrons. The van der Waals surface area contributed by atoms with Gasteiger partial charge >= 0.3 is 0 Å². The number of halogens is 2. The first kappa shape index (κ1) is 15.3. The van der Waals surface area contributed by atoms with Gasteiger partial charge in [-0.05, 0) is 30.5 Å². The van der Waals surface area contributed by atoms with E-state index in [4.69, 9.17) is 0 Å². The predicted octanol–water partition coefficient (Wildman–Crippen LogP) is 0.678. The molecule has 2 rings (SSSR count). The van der Waals surface area contributed by atoms with Gasteiger partial charge in [0.1, 0.15) is 16.5 Å². The Bertz CT molecular complexity index is 716. The molecule has 1 fully saturated rings. The Hall–Kier alpha value is -1.06. The number of sulfone groups is 1. The summed E-state index contributed by atoms with van der Waals surface area (Å²) in [4.78, 5) is -0.779. The van der Waals surface area contributed by atoms with E-state index in [-0.39, 0.29) is 24.0 Å². The van der Waals surface area contributed by atoms with Crippen LogP contribution in [0.1, 0.15) is 6.42 Å². The molecule has 0 aliphatic carbocycles. The van der Waals surface area contributed by atoms with Gasteiger partial charge in [-0.3, -0.25) is 0 Å². The van der Waals surface area contributed by atoms with Gasteiger partial charge < -0.3 is 0 Å². The maximum absolute atomic E-state index is 13.4. The Morgan fingerprint density at radius 2 is 2.00 bits per heavy atom. The van der Waals surface area contributed by atoms with Crippen molar-refractivity contribution in [1.82, 2.24) is 4.72 Å². The summed E-state index contributed by atoms with van der Waals surface area (Å²) >= 11 is 0. The third kappa shape index (κ3) is 3.53. The van der Waals surface area contributed by atoms with Gasteiger partial charge in [-0.1, -0.05) is 0 Å². The fourth-order valence-electron chi connectivity index (χ4n) is 2.02. The van der Waals surface area contributed by atoms with E-state index >= 15 is 0 Å². The number of hydrogen-bond acceptors (Lipinski definition) is 4. The molecule has 1 saturated heterocycles. The van der Waals surface area contributed by atoms with E-state index in [1.165, 1.54) is 0 Å². The van der Waals surface area contributed by atoms with E-state index in [1.54, 1.807) is 0 Å². The van der Waals surface area contributed by atoms with Gasteiger partial charge in [0.15, 0.2) is 9.84 Å². The number of sulfonamides is 1. The Morgan fingerprint density at radius 1 is 1.30 bits per heavy atom. The molecular weight excluding hydrogens is 312 g/mol.